The van der Waals surface area contributed by atoms with E-state index >= 15 is 0 Å². The van der Waals surface area contributed by atoms with Gasteiger partial charge in [-0.25, -0.2) is 0 Å². The number of hydrogen-bond donors (Lipinski definition) is 2. The first-order valence-corrected chi connectivity index (χ1v) is 10.6. The average molecular weight is 465 g/mol. The third-order valence-electron chi connectivity index (χ3n) is 5.17. The molecule has 1 fully saturated rings. The van der Waals surface area contributed by atoms with Crippen molar-refractivity contribution in [1.29, 1.82) is 0 Å². The summed E-state index contributed by atoms with van der Waals surface area (Å²) in [6, 6.07) is 15.6. The molecule has 3 aromatic rings. The summed E-state index contributed by atoms with van der Waals surface area (Å²) in [4.78, 5) is 38.0. The molecule has 0 spiro atoms. The number of ether oxygens (including phenoxy) is 1. The summed E-state index contributed by atoms with van der Waals surface area (Å²) in [5, 5.41) is 21.4. The van der Waals surface area contributed by atoms with Crippen molar-refractivity contribution in [3.8, 4) is 11.6 Å². The lowest BCUT2D eigenvalue weighted by Crippen LogP contribution is -2.50. The van der Waals surface area contributed by atoms with Crippen LogP contribution >= 0.6 is 0 Å². The second-order valence-electron chi connectivity index (χ2n) is 7.68. The van der Waals surface area contributed by atoms with Crippen molar-refractivity contribution in [1.82, 2.24) is 10.2 Å². The van der Waals surface area contributed by atoms with Crippen LogP contribution in [-0.4, -0.2) is 47.1 Å². The number of morpholine rings is 1. The van der Waals surface area contributed by atoms with E-state index in [2.05, 4.69) is 15.9 Å². The molecular formula is C23H23N5O6. The van der Waals surface area contributed by atoms with Gasteiger partial charge in [0.05, 0.1) is 18.3 Å². The summed E-state index contributed by atoms with van der Waals surface area (Å²) in [6.45, 7) is 1.87. The van der Waals surface area contributed by atoms with Crippen LogP contribution in [0, 0.1) is 0 Å². The molecule has 11 heteroatoms. The van der Waals surface area contributed by atoms with Crippen LogP contribution in [0.4, 0.5) is 11.4 Å². The third kappa shape index (κ3) is 5.38. The standard InChI is InChI=1S/C23H22N5O6/c1-15(29)24-16-7-9-17(10-8-16)25-21(30)13-20-22(31)27(11-12-33-20)14-19-23(32)34-26-28(19)18-5-3-2-4-6-18/h2-10,20,32H,11-14H2,1H3/q-1/p+1. The van der Waals surface area contributed by atoms with Crippen molar-refractivity contribution >= 4 is 29.1 Å². The van der Waals surface area contributed by atoms with Crippen LogP contribution in [-0.2, 0) is 25.7 Å². The molecule has 1 unspecified atom stereocenters. The van der Waals surface area contributed by atoms with Crippen LogP contribution in [0.1, 0.15) is 19.0 Å². The minimum atomic E-state index is -0.979. The second-order valence-corrected chi connectivity index (χ2v) is 7.68. The fourth-order valence-corrected chi connectivity index (χ4v) is 3.56. The number of carbonyl (C=O) groups is 3. The highest BCUT2D eigenvalue weighted by Crippen LogP contribution is 2.19. The van der Waals surface area contributed by atoms with E-state index in [4.69, 9.17) is 9.26 Å². The molecule has 2 heterocycles. The zero-order valence-corrected chi connectivity index (χ0v) is 18.4. The van der Waals surface area contributed by atoms with Crippen molar-refractivity contribution < 1.29 is 33.4 Å². The first kappa shape index (κ1) is 22.9. The molecule has 1 saturated heterocycles. The van der Waals surface area contributed by atoms with Gasteiger partial charge >= 0.3 is 0 Å². The predicted molar refractivity (Wildman–Crippen MR) is 117 cm³/mol. The van der Waals surface area contributed by atoms with E-state index in [-0.39, 0.29) is 37.7 Å². The summed E-state index contributed by atoms with van der Waals surface area (Å²) in [5.41, 5.74) is 1.95. The van der Waals surface area contributed by atoms with Crippen molar-refractivity contribution in [2.75, 3.05) is 23.8 Å². The highest BCUT2D eigenvalue weighted by molar-refractivity contribution is 5.95. The summed E-state index contributed by atoms with van der Waals surface area (Å²) in [6.07, 6.45) is -1.16. The van der Waals surface area contributed by atoms with Gasteiger partial charge in [0.25, 0.3) is 11.6 Å². The van der Waals surface area contributed by atoms with E-state index in [0.29, 0.717) is 17.1 Å². The Kier molecular flexibility index (Phi) is 6.83. The molecule has 4 rings (SSSR count). The molecule has 1 aromatic heterocycles. The maximum absolute atomic E-state index is 13.0. The smallest absolute Gasteiger partial charge is 0.259 e. The number of carbonyl (C=O) groups excluding carboxylic acids is 3. The van der Waals surface area contributed by atoms with Gasteiger partial charge in [-0.2, -0.15) is 0 Å². The lowest BCUT2D eigenvalue weighted by molar-refractivity contribution is -0.678. The average Bonchev–Trinajstić information content (AvgIpc) is 3.18. The Morgan fingerprint density at radius 2 is 1.79 bits per heavy atom. The van der Waals surface area contributed by atoms with Gasteiger partial charge in [-0.05, 0) is 28.9 Å². The normalized spacial score (nSPS) is 15.7. The number of hydrogen-bond acceptors (Lipinski definition) is 7. The topological polar surface area (TPSA) is 141 Å². The molecule has 1 aliphatic rings. The minimum absolute atomic E-state index is 0.0256. The Balaban J connectivity index is 1.39. The Morgan fingerprint density at radius 3 is 2.47 bits per heavy atom. The van der Waals surface area contributed by atoms with E-state index in [1.54, 1.807) is 48.5 Å². The molecule has 3 amide bonds. The van der Waals surface area contributed by atoms with Gasteiger partial charge in [0.2, 0.25) is 17.5 Å². The summed E-state index contributed by atoms with van der Waals surface area (Å²) in [7, 11) is 0. The SMILES string of the molecule is CC(=O)Nc1ccc(NC(=O)CC2OCCN(Cc3c([O-])on[n+]3-c3ccccc3)C2=O)cc1. The molecule has 11 nitrogen and oxygen atoms in total. The quantitative estimate of drug-likeness (QED) is 0.490. The molecule has 2 N–H and O–H groups in total. The molecule has 0 radical (unpaired) electrons. The van der Waals surface area contributed by atoms with Crippen LogP contribution in [0.5, 0.6) is 5.95 Å². The Hall–Kier alpha value is -4.25. The van der Waals surface area contributed by atoms with Gasteiger partial charge in [-0.15, -0.1) is 0 Å². The Morgan fingerprint density at radius 1 is 1.12 bits per heavy atom. The lowest BCUT2D eigenvalue weighted by atomic mass is 10.1. The maximum Gasteiger partial charge on any atom is 0.259 e. The van der Waals surface area contributed by atoms with E-state index in [1.807, 2.05) is 6.07 Å². The number of rotatable bonds is 7. The van der Waals surface area contributed by atoms with Gasteiger partial charge < -0.3 is 29.9 Å². The van der Waals surface area contributed by atoms with Crippen LogP contribution in [0.3, 0.4) is 0 Å². The number of nitrogens with one attached hydrogen (secondary N) is 2. The third-order valence-corrected chi connectivity index (χ3v) is 5.17. The molecule has 1 atom stereocenters. The van der Waals surface area contributed by atoms with Crippen LogP contribution < -0.4 is 20.4 Å². The first-order valence-electron chi connectivity index (χ1n) is 10.6. The van der Waals surface area contributed by atoms with Crippen molar-refractivity contribution in [2.24, 2.45) is 0 Å². The van der Waals surface area contributed by atoms with Crippen LogP contribution in [0.15, 0.2) is 59.1 Å². The highest BCUT2D eigenvalue weighted by atomic mass is 16.6. The van der Waals surface area contributed by atoms with Crippen molar-refractivity contribution in [3.05, 3.63) is 60.3 Å². The zero-order valence-electron chi connectivity index (χ0n) is 18.4. The van der Waals surface area contributed by atoms with Gasteiger partial charge in [-0.3, -0.25) is 14.4 Å². The maximum atomic E-state index is 13.0. The number of benzene rings is 2. The monoisotopic (exact) mass is 465 g/mol. The molecule has 2 aromatic carbocycles. The highest BCUT2D eigenvalue weighted by Gasteiger charge is 2.34. The van der Waals surface area contributed by atoms with E-state index in [9.17, 15) is 19.5 Å². The fraction of sp³-hybridized carbons (Fsp3) is 0.261. The molecule has 0 aliphatic carbocycles. The fourth-order valence-electron chi connectivity index (χ4n) is 3.56. The van der Waals surface area contributed by atoms with Crippen molar-refractivity contribution in [2.45, 2.75) is 26.0 Å². The van der Waals surface area contributed by atoms with Crippen LogP contribution in [0.25, 0.3) is 5.69 Å². The number of nitrogens with zero attached hydrogens (tertiary/aromatic N) is 3. The van der Waals surface area contributed by atoms with E-state index in [0.717, 1.165) is 0 Å². The van der Waals surface area contributed by atoms with Gasteiger partial charge in [0, 0.05) is 37.0 Å². The molecule has 0 bridgehead atoms. The molecule has 1 aliphatic heterocycles. The lowest BCUT2D eigenvalue weighted by Gasteiger charge is -2.31. The molecule has 34 heavy (non-hydrogen) atoms. The largest absolute Gasteiger partial charge is 0.539 e. The minimum Gasteiger partial charge on any atom is -0.539 e. The predicted octanol–water partition coefficient (Wildman–Crippen LogP) is 0.740. The summed E-state index contributed by atoms with van der Waals surface area (Å²) >= 11 is 0. The second kappa shape index (κ2) is 10.1. The van der Waals surface area contributed by atoms with Crippen LogP contribution in [0.2, 0.25) is 0 Å². The zero-order chi connectivity index (χ0) is 24.1. The summed E-state index contributed by atoms with van der Waals surface area (Å²) in [5.74, 6) is -1.64. The Bertz CT molecular complexity index is 1180. The number of para-hydroxylation sites is 1. The van der Waals surface area contributed by atoms with Gasteiger partial charge in [-0.1, -0.05) is 18.2 Å². The molecule has 0 saturated carbocycles. The molecule has 176 valence electrons. The molecular weight excluding hydrogens is 442 g/mol. The Labute approximate surface area is 194 Å². The van der Waals surface area contributed by atoms with E-state index < -0.39 is 23.9 Å². The number of aromatic nitrogens is 2. The van der Waals surface area contributed by atoms with Crippen molar-refractivity contribution in [3.63, 3.8) is 0 Å². The number of anilines is 2. The summed E-state index contributed by atoms with van der Waals surface area (Å²) < 4.78 is 11.7. The van der Waals surface area contributed by atoms with Gasteiger partial charge in [0.1, 0.15) is 12.6 Å². The van der Waals surface area contributed by atoms with Gasteiger partial charge in [0.15, 0.2) is 5.95 Å². The number of amides is 3. The first-order chi connectivity index (χ1) is 16.4. The van der Waals surface area contributed by atoms with E-state index in [1.165, 1.54) is 16.5 Å².